The van der Waals surface area contributed by atoms with Gasteiger partial charge in [0.25, 0.3) is 11.8 Å². The quantitative estimate of drug-likeness (QED) is 0.424. The first-order valence-electron chi connectivity index (χ1n) is 11.5. The third-order valence-corrected chi connectivity index (χ3v) is 5.07. The van der Waals surface area contributed by atoms with E-state index in [1.54, 1.807) is 66.7 Å². The topological polar surface area (TPSA) is 108 Å². The zero-order valence-electron chi connectivity index (χ0n) is 19.8. The molecule has 0 unspecified atom stereocenters. The Hall–Kier alpha value is -4.33. The fraction of sp³-hybridized carbons (Fsp3) is 0.222. The van der Waals surface area contributed by atoms with Crippen LogP contribution in [0.5, 0.6) is 0 Å². The van der Waals surface area contributed by atoms with Gasteiger partial charge in [-0.25, -0.2) is 9.88 Å². The molecule has 8 heteroatoms. The normalized spacial score (nSPS) is 10.3. The molecule has 0 saturated carbocycles. The van der Waals surface area contributed by atoms with Crippen molar-refractivity contribution < 1.29 is 19.2 Å². The zero-order valence-corrected chi connectivity index (χ0v) is 19.8. The highest BCUT2D eigenvalue weighted by Crippen LogP contribution is 2.21. The van der Waals surface area contributed by atoms with E-state index in [4.69, 9.17) is 0 Å². The Morgan fingerprint density at radius 1 is 0.686 bits per heavy atom. The van der Waals surface area contributed by atoms with Crippen LogP contribution < -0.4 is 15.5 Å². The number of imide groups is 1. The summed E-state index contributed by atoms with van der Waals surface area (Å²) in [5.41, 5.74) is 1.66. The van der Waals surface area contributed by atoms with Gasteiger partial charge in [0.05, 0.1) is 0 Å². The lowest BCUT2D eigenvalue weighted by atomic mass is 10.1. The number of carbonyl (C=O) groups is 4. The fourth-order valence-electron chi connectivity index (χ4n) is 3.34. The maximum Gasteiger partial charge on any atom is 0.266 e. The summed E-state index contributed by atoms with van der Waals surface area (Å²) in [5, 5.41) is 5.54. The molecule has 0 aliphatic heterocycles. The van der Waals surface area contributed by atoms with Gasteiger partial charge in [-0.1, -0.05) is 19.9 Å². The predicted octanol–water partition coefficient (Wildman–Crippen LogP) is 5.05. The largest absolute Gasteiger partial charge is 0.326 e. The van der Waals surface area contributed by atoms with E-state index >= 15 is 0 Å². The summed E-state index contributed by atoms with van der Waals surface area (Å²) in [6.45, 7) is 3.83. The number of carbonyl (C=O) groups excluding carboxylic acids is 4. The van der Waals surface area contributed by atoms with Crippen LogP contribution in [0.3, 0.4) is 0 Å². The third-order valence-electron chi connectivity index (χ3n) is 5.07. The second-order valence-electron chi connectivity index (χ2n) is 7.88. The number of nitrogens with one attached hydrogen (secondary N) is 2. The number of rotatable bonds is 9. The second-order valence-corrected chi connectivity index (χ2v) is 7.88. The van der Waals surface area contributed by atoms with E-state index in [9.17, 15) is 19.2 Å². The van der Waals surface area contributed by atoms with E-state index < -0.39 is 11.8 Å². The van der Waals surface area contributed by atoms with Gasteiger partial charge in [0, 0.05) is 41.5 Å². The molecule has 180 valence electrons. The molecule has 35 heavy (non-hydrogen) atoms. The minimum atomic E-state index is -0.555. The average molecular weight is 473 g/mol. The SMILES string of the molecule is CCCC(=O)Nc1ccc(C(=O)N(C(=O)c2ccc(NC(=O)CCC)cc2)c2ccccn2)cc1. The van der Waals surface area contributed by atoms with Gasteiger partial charge in [-0.2, -0.15) is 0 Å². The van der Waals surface area contributed by atoms with Crippen molar-refractivity contribution in [2.24, 2.45) is 0 Å². The van der Waals surface area contributed by atoms with E-state index in [1.807, 2.05) is 13.8 Å². The Balaban J connectivity index is 1.84. The van der Waals surface area contributed by atoms with Crippen LogP contribution in [-0.2, 0) is 9.59 Å². The van der Waals surface area contributed by atoms with Crippen molar-refractivity contribution in [1.29, 1.82) is 0 Å². The summed E-state index contributed by atoms with van der Waals surface area (Å²) in [5.74, 6) is -1.14. The van der Waals surface area contributed by atoms with Crippen molar-refractivity contribution in [1.82, 2.24) is 4.98 Å². The minimum absolute atomic E-state index is 0.105. The fourth-order valence-corrected chi connectivity index (χ4v) is 3.34. The highest BCUT2D eigenvalue weighted by atomic mass is 16.2. The molecule has 0 atom stereocenters. The number of hydrogen-bond acceptors (Lipinski definition) is 5. The number of pyridine rings is 1. The van der Waals surface area contributed by atoms with Gasteiger partial charge in [-0.05, 0) is 73.5 Å². The van der Waals surface area contributed by atoms with Gasteiger partial charge >= 0.3 is 0 Å². The summed E-state index contributed by atoms with van der Waals surface area (Å²) >= 11 is 0. The number of amides is 4. The molecule has 8 nitrogen and oxygen atoms in total. The van der Waals surface area contributed by atoms with Crippen molar-refractivity contribution >= 4 is 40.8 Å². The first-order valence-corrected chi connectivity index (χ1v) is 11.5. The summed E-state index contributed by atoms with van der Waals surface area (Å²) < 4.78 is 0. The molecule has 2 aromatic carbocycles. The van der Waals surface area contributed by atoms with Gasteiger partial charge in [0.2, 0.25) is 11.8 Å². The lowest BCUT2D eigenvalue weighted by Crippen LogP contribution is -2.37. The Labute approximate surface area is 204 Å². The Bertz CT molecular complexity index is 1100. The van der Waals surface area contributed by atoms with Gasteiger partial charge in [-0.3, -0.25) is 19.2 Å². The van der Waals surface area contributed by atoms with Crippen molar-refractivity contribution in [2.75, 3.05) is 15.5 Å². The average Bonchev–Trinajstić information content (AvgIpc) is 2.86. The van der Waals surface area contributed by atoms with Crippen molar-refractivity contribution in [2.45, 2.75) is 39.5 Å². The van der Waals surface area contributed by atoms with Gasteiger partial charge < -0.3 is 10.6 Å². The Kier molecular flexibility index (Phi) is 8.83. The van der Waals surface area contributed by atoms with Gasteiger partial charge in [-0.15, -0.1) is 0 Å². The van der Waals surface area contributed by atoms with Crippen molar-refractivity contribution in [3.05, 3.63) is 84.1 Å². The molecular formula is C27H28N4O4. The monoisotopic (exact) mass is 472 g/mol. The number of nitrogens with zero attached hydrogens (tertiary/aromatic N) is 2. The Morgan fingerprint density at radius 2 is 1.14 bits per heavy atom. The molecule has 0 aliphatic rings. The number of benzene rings is 2. The standard InChI is InChI=1S/C27H28N4O4/c1-3-7-24(32)29-21-14-10-19(11-15-21)26(34)31(23-9-5-6-18-28-23)27(35)20-12-16-22(17-13-20)30-25(33)8-4-2/h5-6,9-18H,3-4,7-8H2,1-2H3,(H,29,32)(H,30,33). The number of anilines is 3. The van der Waals surface area contributed by atoms with Crippen LogP contribution in [0.4, 0.5) is 17.2 Å². The van der Waals surface area contributed by atoms with Gasteiger partial charge in [0.15, 0.2) is 0 Å². The molecule has 1 heterocycles. The lowest BCUT2D eigenvalue weighted by molar-refractivity contribution is -0.117. The number of hydrogen-bond donors (Lipinski definition) is 2. The van der Waals surface area contributed by atoms with E-state index in [1.165, 1.54) is 6.20 Å². The van der Waals surface area contributed by atoms with Crippen LogP contribution in [0.1, 0.15) is 60.2 Å². The van der Waals surface area contributed by atoms with E-state index in [2.05, 4.69) is 15.6 Å². The lowest BCUT2D eigenvalue weighted by Gasteiger charge is -2.20. The first-order chi connectivity index (χ1) is 16.9. The first kappa shape index (κ1) is 25.3. The maximum atomic E-state index is 13.4. The molecule has 0 bridgehead atoms. The van der Waals surface area contributed by atoms with Crippen molar-refractivity contribution in [3.63, 3.8) is 0 Å². The molecule has 0 radical (unpaired) electrons. The van der Waals surface area contributed by atoms with E-state index in [0.29, 0.717) is 24.2 Å². The zero-order chi connectivity index (χ0) is 25.2. The van der Waals surface area contributed by atoms with Crippen LogP contribution in [-0.4, -0.2) is 28.6 Å². The van der Waals surface area contributed by atoms with Crippen LogP contribution in [0.25, 0.3) is 0 Å². The molecular weight excluding hydrogens is 444 g/mol. The second kappa shape index (κ2) is 12.2. The van der Waals surface area contributed by atoms with Gasteiger partial charge in [0.1, 0.15) is 5.82 Å². The third kappa shape index (κ3) is 6.83. The summed E-state index contributed by atoms with van der Waals surface area (Å²) in [6.07, 6.45) is 3.78. The molecule has 0 spiro atoms. The molecule has 0 fully saturated rings. The Morgan fingerprint density at radius 3 is 1.51 bits per heavy atom. The van der Waals surface area contributed by atoms with Crippen molar-refractivity contribution in [3.8, 4) is 0 Å². The number of aromatic nitrogens is 1. The summed E-state index contributed by atoms with van der Waals surface area (Å²) in [4.78, 5) is 55.7. The van der Waals surface area contributed by atoms with Crippen LogP contribution in [0.2, 0.25) is 0 Å². The minimum Gasteiger partial charge on any atom is -0.326 e. The molecule has 4 amide bonds. The van der Waals surface area contributed by atoms with E-state index in [0.717, 1.165) is 17.7 Å². The molecule has 3 rings (SSSR count). The maximum absolute atomic E-state index is 13.4. The van der Waals surface area contributed by atoms with Crippen LogP contribution in [0.15, 0.2) is 72.9 Å². The van der Waals surface area contributed by atoms with E-state index in [-0.39, 0.29) is 28.8 Å². The molecule has 3 aromatic rings. The van der Waals surface area contributed by atoms with Crippen LogP contribution in [0, 0.1) is 0 Å². The van der Waals surface area contributed by atoms with Crippen LogP contribution >= 0.6 is 0 Å². The highest BCUT2D eigenvalue weighted by molar-refractivity contribution is 6.25. The highest BCUT2D eigenvalue weighted by Gasteiger charge is 2.27. The summed E-state index contributed by atoms with van der Waals surface area (Å²) in [6, 6.07) is 17.7. The molecule has 1 aromatic heterocycles. The smallest absolute Gasteiger partial charge is 0.266 e. The molecule has 0 saturated heterocycles. The molecule has 2 N–H and O–H groups in total. The molecule has 0 aliphatic carbocycles. The predicted molar refractivity (Wildman–Crippen MR) is 135 cm³/mol. The summed E-state index contributed by atoms with van der Waals surface area (Å²) in [7, 11) is 0.